The summed E-state index contributed by atoms with van der Waals surface area (Å²) in [5, 5.41) is 9.08. The highest BCUT2D eigenvalue weighted by Gasteiger charge is 2.34. The van der Waals surface area contributed by atoms with Crippen LogP contribution >= 0.6 is 0 Å². The summed E-state index contributed by atoms with van der Waals surface area (Å²) in [6.45, 7) is 2.70. The van der Waals surface area contributed by atoms with Crippen molar-refractivity contribution in [3.63, 3.8) is 0 Å². The van der Waals surface area contributed by atoms with Gasteiger partial charge in [0, 0.05) is 6.54 Å². The van der Waals surface area contributed by atoms with E-state index < -0.39 is 5.97 Å². The monoisotopic (exact) mass is 341 g/mol. The van der Waals surface area contributed by atoms with Crippen molar-refractivity contribution < 1.29 is 19.1 Å². The first kappa shape index (κ1) is 17.1. The molecule has 0 aliphatic carbocycles. The second-order valence-corrected chi connectivity index (χ2v) is 6.64. The molecule has 5 heteroatoms. The van der Waals surface area contributed by atoms with Crippen LogP contribution in [0.1, 0.15) is 40.9 Å². The van der Waals surface area contributed by atoms with Gasteiger partial charge in [-0.15, -0.1) is 0 Å². The third-order valence-electron chi connectivity index (χ3n) is 4.59. The van der Waals surface area contributed by atoms with Gasteiger partial charge in [0.15, 0.2) is 0 Å². The summed E-state index contributed by atoms with van der Waals surface area (Å²) in [7, 11) is 0. The molecule has 0 saturated carbocycles. The van der Waals surface area contributed by atoms with Crippen LogP contribution < -0.4 is 0 Å². The molecule has 0 bridgehead atoms. The maximum Gasteiger partial charge on any atom is 0.335 e. The summed E-state index contributed by atoms with van der Waals surface area (Å²) in [6, 6.07) is 12.7. The Labute approximate surface area is 145 Å². The summed E-state index contributed by atoms with van der Waals surface area (Å²) >= 11 is 0. The number of aromatic carboxylic acids is 1. The van der Waals surface area contributed by atoms with E-state index in [0.717, 1.165) is 12.0 Å². The van der Waals surface area contributed by atoms with Crippen molar-refractivity contribution in [1.29, 1.82) is 0 Å². The zero-order valence-electron chi connectivity index (χ0n) is 14.0. The van der Waals surface area contributed by atoms with Gasteiger partial charge in [0.25, 0.3) is 0 Å². The fourth-order valence-electron chi connectivity index (χ4n) is 3.44. The Kier molecular flexibility index (Phi) is 4.83. The number of amides is 1. The van der Waals surface area contributed by atoms with E-state index in [1.54, 1.807) is 23.1 Å². The second kappa shape index (κ2) is 7.05. The van der Waals surface area contributed by atoms with Crippen molar-refractivity contribution in [1.82, 2.24) is 4.90 Å². The lowest BCUT2D eigenvalue weighted by atomic mass is 10.0. The molecule has 2 unspecified atom stereocenters. The molecule has 0 aromatic heterocycles. The fraction of sp³-hybridized carbons (Fsp3) is 0.300. The zero-order chi connectivity index (χ0) is 18.0. The van der Waals surface area contributed by atoms with Crippen LogP contribution in [0.15, 0.2) is 48.5 Å². The highest BCUT2D eigenvalue weighted by atomic mass is 19.1. The molecule has 0 radical (unpaired) electrons. The number of benzene rings is 2. The molecule has 2 atom stereocenters. The average Bonchev–Trinajstić information content (AvgIpc) is 2.97. The average molecular weight is 341 g/mol. The predicted octanol–water partition coefficient (Wildman–Crippen LogP) is 3.68. The van der Waals surface area contributed by atoms with E-state index in [1.807, 2.05) is 6.07 Å². The molecule has 1 fully saturated rings. The van der Waals surface area contributed by atoms with Crippen LogP contribution in [0, 0.1) is 11.7 Å². The molecule has 1 amide bonds. The lowest BCUT2D eigenvalue weighted by Gasteiger charge is -2.25. The van der Waals surface area contributed by atoms with Crippen LogP contribution in [0.4, 0.5) is 4.39 Å². The Hall–Kier alpha value is -2.69. The highest BCUT2D eigenvalue weighted by molar-refractivity contribution is 5.88. The number of hydrogen-bond acceptors (Lipinski definition) is 2. The molecule has 1 heterocycles. The third-order valence-corrected chi connectivity index (χ3v) is 4.59. The smallest absolute Gasteiger partial charge is 0.335 e. The second-order valence-electron chi connectivity index (χ2n) is 6.64. The first-order valence-electron chi connectivity index (χ1n) is 8.31. The number of nitrogens with zero attached hydrogens (tertiary/aromatic N) is 1. The third kappa shape index (κ3) is 3.87. The Morgan fingerprint density at radius 1 is 1.20 bits per heavy atom. The fourth-order valence-corrected chi connectivity index (χ4v) is 3.44. The number of halogens is 1. The molecule has 2 aromatic carbocycles. The van der Waals surface area contributed by atoms with Crippen LogP contribution in [0.2, 0.25) is 0 Å². The molecule has 1 saturated heterocycles. The van der Waals surface area contributed by atoms with E-state index >= 15 is 0 Å². The molecular weight excluding hydrogens is 321 g/mol. The molecular formula is C20H20FNO3. The number of likely N-dealkylation sites (tertiary alicyclic amines) is 1. The number of hydrogen-bond donors (Lipinski definition) is 1. The molecule has 1 N–H and O–H groups in total. The number of carbonyl (C=O) groups is 2. The normalized spacial score (nSPS) is 19.8. The molecule has 2 aromatic rings. The first-order chi connectivity index (χ1) is 11.9. The quantitative estimate of drug-likeness (QED) is 0.923. The highest BCUT2D eigenvalue weighted by Crippen LogP contribution is 2.35. The van der Waals surface area contributed by atoms with Gasteiger partial charge in [0.05, 0.1) is 18.0 Å². The van der Waals surface area contributed by atoms with Crippen LogP contribution in [0.5, 0.6) is 0 Å². The Balaban J connectivity index is 1.80. The Morgan fingerprint density at radius 2 is 1.96 bits per heavy atom. The summed E-state index contributed by atoms with van der Waals surface area (Å²) in [5.74, 6) is -1.05. The van der Waals surface area contributed by atoms with E-state index in [0.29, 0.717) is 18.0 Å². The largest absolute Gasteiger partial charge is 0.478 e. The summed E-state index contributed by atoms with van der Waals surface area (Å²) < 4.78 is 13.6. The van der Waals surface area contributed by atoms with E-state index in [4.69, 9.17) is 5.11 Å². The van der Waals surface area contributed by atoms with Crippen LogP contribution in [-0.4, -0.2) is 28.4 Å². The minimum atomic E-state index is -1.01. The van der Waals surface area contributed by atoms with Crippen molar-refractivity contribution >= 4 is 11.9 Å². The van der Waals surface area contributed by atoms with Gasteiger partial charge in [-0.2, -0.15) is 0 Å². The first-order valence-corrected chi connectivity index (χ1v) is 8.31. The maximum atomic E-state index is 13.6. The van der Waals surface area contributed by atoms with E-state index in [9.17, 15) is 14.0 Å². The standard InChI is InChI=1S/C20H20FNO3/c1-13-8-18(15-5-3-7-17(21)11-15)22(12-13)19(23)10-14-4-2-6-16(9-14)20(24)25/h2-7,9,11,13,18H,8,10,12H2,1H3,(H,24,25). The molecule has 130 valence electrons. The van der Waals surface area contributed by atoms with Gasteiger partial charge < -0.3 is 10.0 Å². The molecule has 3 rings (SSSR count). The van der Waals surface area contributed by atoms with Crippen molar-refractivity contribution in [3.8, 4) is 0 Å². The van der Waals surface area contributed by atoms with Crippen LogP contribution in [-0.2, 0) is 11.2 Å². The molecule has 1 aliphatic rings. The number of carboxylic acids is 1. The van der Waals surface area contributed by atoms with E-state index in [-0.39, 0.29) is 29.8 Å². The molecule has 25 heavy (non-hydrogen) atoms. The van der Waals surface area contributed by atoms with Crippen molar-refractivity contribution in [2.75, 3.05) is 6.54 Å². The van der Waals surface area contributed by atoms with Gasteiger partial charge in [-0.25, -0.2) is 9.18 Å². The lowest BCUT2D eigenvalue weighted by Crippen LogP contribution is -2.32. The zero-order valence-corrected chi connectivity index (χ0v) is 14.0. The number of carbonyl (C=O) groups excluding carboxylic acids is 1. The predicted molar refractivity (Wildman–Crippen MR) is 91.7 cm³/mol. The minimum Gasteiger partial charge on any atom is -0.478 e. The Morgan fingerprint density at radius 3 is 2.68 bits per heavy atom. The Bertz CT molecular complexity index is 805. The van der Waals surface area contributed by atoms with Crippen molar-refractivity contribution in [3.05, 3.63) is 71.0 Å². The van der Waals surface area contributed by atoms with Gasteiger partial charge in [-0.1, -0.05) is 31.2 Å². The maximum absolute atomic E-state index is 13.6. The van der Waals surface area contributed by atoms with Gasteiger partial charge in [-0.3, -0.25) is 4.79 Å². The van der Waals surface area contributed by atoms with Gasteiger partial charge in [0.1, 0.15) is 5.82 Å². The molecule has 1 aliphatic heterocycles. The van der Waals surface area contributed by atoms with Crippen molar-refractivity contribution in [2.24, 2.45) is 5.92 Å². The minimum absolute atomic E-state index is 0.0684. The van der Waals surface area contributed by atoms with Crippen LogP contribution in [0.3, 0.4) is 0 Å². The summed E-state index contributed by atoms with van der Waals surface area (Å²) in [6.07, 6.45) is 0.935. The number of rotatable bonds is 4. The van der Waals surface area contributed by atoms with Crippen LogP contribution in [0.25, 0.3) is 0 Å². The van der Waals surface area contributed by atoms with E-state index in [2.05, 4.69) is 6.92 Å². The SMILES string of the molecule is CC1CC(c2cccc(F)c2)N(C(=O)Cc2cccc(C(=O)O)c2)C1. The van der Waals surface area contributed by atoms with Crippen molar-refractivity contribution in [2.45, 2.75) is 25.8 Å². The van der Waals surface area contributed by atoms with E-state index in [1.165, 1.54) is 24.3 Å². The topological polar surface area (TPSA) is 57.6 Å². The lowest BCUT2D eigenvalue weighted by molar-refractivity contribution is -0.131. The summed E-state index contributed by atoms with van der Waals surface area (Å²) in [5.41, 5.74) is 1.64. The van der Waals surface area contributed by atoms with Gasteiger partial charge in [-0.05, 0) is 47.7 Å². The summed E-state index contributed by atoms with van der Waals surface area (Å²) in [4.78, 5) is 25.7. The number of carboxylic acid groups (broad SMARTS) is 1. The van der Waals surface area contributed by atoms with Gasteiger partial charge >= 0.3 is 5.97 Å². The van der Waals surface area contributed by atoms with Gasteiger partial charge in [0.2, 0.25) is 5.91 Å². The molecule has 4 nitrogen and oxygen atoms in total. The molecule has 0 spiro atoms.